The van der Waals surface area contributed by atoms with Crippen LogP contribution in [0.5, 0.6) is 0 Å². The number of rotatable bonds is 1. The molecule has 1 aliphatic heterocycles. The Kier molecular flexibility index (Phi) is 3.67. The number of halogens is 1. The minimum absolute atomic E-state index is 0.0867. The first-order chi connectivity index (χ1) is 10.0. The summed E-state index contributed by atoms with van der Waals surface area (Å²) in [4.78, 5) is 18.5. The van der Waals surface area contributed by atoms with Crippen molar-refractivity contribution in [1.82, 2.24) is 9.88 Å². The van der Waals surface area contributed by atoms with Crippen molar-refractivity contribution in [3.63, 3.8) is 0 Å². The van der Waals surface area contributed by atoms with Gasteiger partial charge in [-0.1, -0.05) is 0 Å². The van der Waals surface area contributed by atoms with Gasteiger partial charge < -0.3 is 20.6 Å². The number of carbonyl (C=O) groups is 1. The third-order valence-electron chi connectivity index (χ3n) is 4.21. The molecule has 1 amide bonds. The summed E-state index contributed by atoms with van der Waals surface area (Å²) in [5.41, 5.74) is 7.73. The van der Waals surface area contributed by atoms with E-state index in [1.54, 1.807) is 6.07 Å². The van der Waals surface area contributed by atoms with E-state index < -0.39 is 6.09 Å². The van der Waals surface area contributed by atoms with Gasteiger partial charge >= 0.3 is 6.09 Å². The number of piperazine rings is 1. The molecule has 1 fully saturated rings. The molecule has 1 aromatic rings. The Morgan fingerprint density at radius 1 is 1.38 bits per heavy atom. The first-order valence-electron chi connectivity index (χ1n) is 7.21. The van der Waals surface area contributed by atoms with Crippen LogP contribution in [-0.4, -0.2) is 53.3 Å². The van der Waals surface area contributed by atoms with E-state index in [2.05, 4.69) is 4.98 Å². The number of amides is 1. The van der Waals surface area contributed by atoms with Crippen LogP contribution in [0.15, 0.2) is 6.07 Å². The van der Waals surface area contributed by atoms with Crippen LogP contribution in [0, 0.1) is 5.82 Å². The molecule has 0 saturated carbocycles. The van der Waals surface area contributed by atoms with Crippen molar-refractivity contribution >= 4 is 11.9 Å². The van der Waals surface area contributed by atoms with Gasteiger partial charge in [0.15, 0.2) is 11.6 Å². The normalized spacial score (nSPS) is 22.1. The van der Waals surface area contributed by atoms with Crippen LogP contribution in [0.2, 0.25) is 0 Å². The molecule has 2 aliphatic rings. The Morgan fingerprint density at radius 3 is 2.76 bits per heavy atom. The fourth-order valence-corrected chi connectivity index (χ4v) is 2.99. The van der Waals surface area contributed by atoms with Gasteiger partial charge in [0.05, 0.1) is 0 Å². The molecule has 114 valence electrons. The minimum atomic E-state index is -0.928. The lowest BCUT2D eigenvalue weighted by Gasteiger charge is -2.34. The summed E-state index contributed by atoms with van der Waals surface area (Å²) in [6.07, 6.45) is 1.39. The maximum absolute atomic E-state index is 14.3. The standard InChI is InChI=1S/C14H19FN4O2/c15-11-8-9-7-10(16)1-2-12(9)17-13(11)18-3-5-19(6-4-18)14(20)21/h8,10H,1-7,16H2,(H,20,21)/t10-/m0/s1. The van der Waals surface area contributed by atoms with Crippen LogP contribution >= 0.6 is 0 Å². The Bertz CT molecular complexity index is 558. The van der Waals surface area contributed by atoms with E-state index in [1.807, 2.05) is 4.90 Å². The van der Waals surface area contributed by atoms with Crippen molar-refractivity contribution in [2.75, 3.05) is 31.1 Å². The molecule has 3 rings (SSSR count). The fourth-order valence-electron chi connectivity index (χ4n) is 2.99. The minimum Gasteiger partial charge on any atom is -0.465 e. The van der Waals surface area contributed by atoms with E-state index in [4.69, 9.17) is 10.8 Å². The largest absolute Gasteiger partial charge is 0.465 e. The number of nitrogens with two attached hydrogens (primary N) is 1. The number of aromatic nitrogens is 1. The molecule has 1 saturated heterocycles. The maximum atomic E-state index is 14.3. The molecule has 7 heteroatoms. The summed E-state index contributed by atoms with van der Waals surface area (Å²) in [5, 5.41) is 8.94. The average Bonchev–Trinajstić information content (AvgIpc) is 2.46. The van der Waals surface area contributed by atoms with Gasteiger partial charge in [-0.2, -0.15) is 0 Å². The Balaban J connectivity index is 1.79. The van der Waals surface area contributed by atoms with Gasteiger partial charge in [-0.3, -0.25) is 0 Å². The number of hydrogen-bond donors (Lipinski definition) is 2. The highest BCUT2D eigenvalue weighted by molar-refractivity contribution is 5.65. The molecule has 0 bridgehead atoms. The molecule has 2 heterocycles. The topological polar surface area (TPSA) is 82.7 Å². The smallest absolute Gasteiger partial charge is 0.407 e. The van der Waals surface area contributed by atoms with Crippen molar-refractivity contribution in [2.24, 2.45) is 5.73 Å². The van der Waals surface area contributed by atoms with Crippen LogP contribution in [0.3, 0.4) is 0 Å². The predicted octanol–water partition coefficient (Wildman–Crippen LogP) is 0.837. The van der Waals surface area contributed by atoms with Crippen molar-refractivity contribution in [1.29, 1.82) is 0 Å². The second-order valence-corrected chi connectivity index (χ2v) is 5.66. The summed E-state index contributed by atoms with van der Waals surface area (Å²) in [7, 11) is 0. The summed E-state index contributed by atoms with van der Waals surface area (Å²) < 4.78 is 14.3. The van der Waals surface area contributed by atoms with Crippen molar-refractivity contribution < 1.29 is 14.3 Å². The third kappa shape index (κ3) is 2.78. The van der Waals surface area contributed by atoms with Crippen LogP contribution in [0.25, 0.3) is 0 Å². The number of carboxylic acid groups (broad SMARTS) is 1. The Labute approximate surface area is 122 Å². The van der Waals surface area contributed by atoms with Gasteiger partial charge in [0.25, 0.3) is 0 Å². The van der Waals surface area contributed by atoms with Gasteiger partial charge in [0.2, 0.25) is 0 Å². The number of nitrogens with zero attached hydrogens (tertiary/aromatic N) is 3. The van der Waals surface area contributed by atoms with E-state index in [9.17, 15) is 9.18 Å². The third-order valence-corrected chi connectivity index (χ3v) is 4.21. The highest BCUT2D eigenvalue weighted by Crippen LogP contribution is 2.26. The lowest BCUT2D eigenvalue weighted by atomic mass is 9.92. The molecule has 21 heavy (non-hydrogen) atoms. The van der Waals surface area contributed by atoms with Gasteiger partial charge in [0, 0.05) is 37.9 Å². The SMILES string of the molecule is N[C@H]1CCc2nc(N3CCN(C(=O)O)CC3)c(F)cc2C1. The van der Waals surface area contributed by atoms with E-state index >= 15 is 0 Å². The molecule has 3 N–H and O–H groups in total. The van der Waals surface area contributed by atoms with Gasteiger partial charge in [-0.05, 0) is 30.9 Å². The molecule has 0 aromatic carbocycles. The molecule has 1 aliphatic carbocycles. The molecule has 6 nitrogen and oxygen atoms in total. The van der Waals surface area contributed by atoms with Crippen LogP contribution in [0.1, 0.15) is 17.7 Å². The molecular formula is C14H19FN4O2. The van der Waals surface area contributed by atoms with Crippen LogP contribution in [0.4, 0.5) is 15.0 Å². The van der Waals surface area contributed by atoms with E-state index in [0.29, 0.717) is 38.4 Å². The maximum Gasteiger partial charge on any atom is 0.407 e. The number of anilines is 1. The lowest BCUT2D eigenvalue weighted by Crippen LogP contribution is -2.49. The summed E-state index contributed by atoms with van der Waals surface area (Å²) in [5.74, 6) is 0.000820. The monoisotopic (exact) mass is 294 g/mol. The van der Waals surface area contributed by atoms with E-state index in [0.717, 1.165) is 24.1 Å². The van der Waals surface area contributed by atoms with E-state index in [-0.39, 0.29) is 11.9 Å². The van der Waals surface area contributed by atoms with E-state index in [1.165, 1.54) is 4.90 Å². The van der Waals surface area contributed by atoms with Crippen molar-refractivity contribution in [3.8, 4) is 0 Å². The summed E-state index contributed by atoms with van der Waals surface area (Å²) in [6, 6.07) is 1.63. The highest BCUT2D eigenvalue weighted by atomic mass is 19.1. The van der Waals surface area contributed by atoms with Crippen molar-refractivity contribution in [2.45, 2.75) is 25.3 Å². The fraction of sp³-hybridized carbons (Fsp3) is 0.571. The van der Waals surface area contributed by atoms with Crippen molar-refractivity contribution in [3.05, 3.63) is 23.1 Å². The predicted molar refractivity (Wildman–Crippen MR) is 76.0 cm³/mol. The molecule has 0 spiro atoms. The number of pyridine rings is 1. The zero-order chi connectivity index (χ0) is 15.0. The molecule has 0 unspecified atom stereocenters. The Morgan fingerprint density at radius 2 is 2.10 bits per heavy atom. The Hall–Kier alpha value is -1.89. The first-order valence-corrected chi connectivity index (χ1v) is 7.21. The molecular weight excluding hydrogens is 275 g/mol. The van der Waals surface area contributed by atoms with Gasteiger partial charge in [0.1, 0.15) is 0 Å². The average molecular weight is 294 g/mol. The van der Waals surface area contributed by atoms with Gasteiger partial charge in [-0.25, -0.2) is 14.2 Å². The zero-order valence-corrected chi connectivity index (χ0v) is 11.8. The second kappa shape index (κ2) is 5.48. The van der Waals surface area contributed by atoms with Crippen LogP contribution in [-0.2, 0) is 12.8 Å². The molecule has 1 aromatic heterocycles. The summed E-state index contributed by atoms with van der Waals surface area (Å²) in [6.45, 7) is 1.68. The zero-order valence-electron chi connectivity index (χ0n) is 11.8. The summed E-state index contributed by atoms with van der Waals surface area (Å²) >= 11 is 0. The van der Waals surface area contributed by atoms with Gasteiger partial charge in [-0.15, -0.1) is 0 Å². The number of hydrogen-bond acceptors (Lipinski definition) is 4. The lowest BCUT2D eigenvalue weighted by molar-refractivity contribution is 0.142. The number of aryl methyl sites for hydroxylation is 1. The quantitative estimate of drug-likeness (QED) is 0.802. The highest BCUT2D eigenvalue weighted by Gasteiger charge is 2.25. The number of fused-ring (bicyclic) bond motifs is 1. The first kappa shape index (κ1) is 14.1. The molecule has 1 atom stereocenters. The van der Waals surface area contributed by atoms with Crippen LogP contribution < -0.4 is 10.6 Å². The second-order valence-electron chi connectivity index (χ2n) is 5.66. The molecule has 0 radical (unpaired) electrons.